The first-order valence-electron chi connectivity index (χ1n) is 3.04. The maximum atomic E-state index is 4.14. The van der Waals surface area contributed by atoms with Crippen molar-refractivity contribution in [1.29, 1.82) is 0 Å². The fourth-order valence-electron chi connectivity index (χ4n) is 0.761. The topological polar surface area (TPSA) is 24.9 Å². The summed E-state index contributed by atoms with van der Waals surface area (Å²) in [5.74, 6) is 0. The number of hydrogen-bond donors (Lipinski definition) is 1. The molecule has 0 aromatic carbocycles. The molecule has 1 aromatic heterocycles. The molecule has 1 rings (SSSR count). The van der Waals surface area contributed by atoms with Crippen molar-refractivity contribution in [1.82, 2.24) is 4.98 Å². The number of pyridine rings is 1. The van der Waals surface area contributed by atoms with E-state index in [1.807, 2.05) is 20.0 Å². The van der Waals surface area contributed by atoms with E-state index < -0.39 is 0 Å². The van der Waals surface area contributed by atoms with Crippen LogP contribution in [0.4, 0.5) is 5.69 Å². The molecule has 0 unspecified atom stereocenters. The number of aromatic nitrogens is 1. The van der Waals surface area contributed by atoms with Gasteiger partial charge in [0.25, 0.3) is 0 Å². The highest BCUT2D eigenvalue weighted by Crippen LogP contribution is 2.16. The predicted octanol–water partition coefficient (Wildman–Crippen LogP) is 2.19. The molecule has 0 aliphatic heterocycles. The number of nitrogens with one attached hydrogen (secondary N) is 1. The molecule has 0 atom stereocenters. The van der Waals surface area contributed by atoms with Gasteiger partial charge in [-0.15, -0.1) is 0 Å². The largest absolute Gasteiger partial charge is 0.387 e. The number of rotatable bonds is 1. The third-order valence-corrected chi connectivity index (χ3v) is 1.76. The van der Waals surface area contributed by atoms with E-state index >= 15 is 0 Å². The van der Waals surface area contributed by atoms with Crippen LogP contribution in [0.15, 0.2) is 16.7 Å². The van der Waals surface area contributed by atoms with Crippen LogP contribution in [0.3, 0.4) is 0 Å². The van der Waals surface area contributed by atoms with Crippen LogP contribution in [0.25, 0.3) is 0 Å². The highest BCUT2D eigenvalue weighted by molar-refractivity contribution is 9.10. The van der Waals surface area contributed by atoms with Crippen LogP contribution < -0.4 is 5.32 Å². The zero-order valence-electron chi connectivity index (χ0n) is 5.98. The Morgan fingerprint density at radius 3 is 2.80 bits per heavy atom. The Balaban J connectivity index is 3.09. The van der Waals surface area contributed by atoms with Crippen LogP contribution in [0.2, 0.25) is 0 Å². The zero-order valence-corrected chi connectivity index (χ0v) is 7.57. The van der Waals surface area contributed by atoms with Crippen molar-refractivity contribution in [3.05, 3.63) is 22.4 Å². The number of halogens is 1. The molecule has 0 amide bonds. The summed E-state index contributed by atoms with van der Waals surface area (Å²) in [4.78, 5) is 4.14. The molecule has 2 nitrogen and oxygen atoms in total. The van der Waals surface area contributed by atoms with E-state index in [9.17, 15) is 0 Å². The Bertz CT molecular complexity index is 235. The molecule has 0 fully saturated rings. The molecule has 3 heteroatoms. The molecule has 10 heavy (non-hydrogen) atoms. The maximum Gasteiger partial charge on any atom is 0.0604 e. The molecule has 54 valence electrons. The fourth-order valence-corrected chi connectivity index (χ4v) is 1.09. The quantitative estimate of drug-likeness (QED) is 0.753. The van der Waals surface area contributed by atoms with Crippen molar-refractivity contribution in [2.75, 3.05) is 12.4 Å². The van der Waals surface area contributed by atoms with Gasteiger partial charge < -0.3 is 5.32 Å². The van der Waals surface area contributed by atoms with E-state index in [1.165, 1.54) is 0 Å². The fraction of sp³-hybridized carbons (Fsp3) is 0.286. The second-order valence-corrected chi connectivity index (χ2v) is 2.95. The molecule has 1 aromatic rings. The summed E-state index contributed by atoms with van der Waals surface area (Å²) in [5, 5.41) is 3.04. The van der Waals surface area contributed by atoms with Gasteiger partial charge in [0.05, 0.1) is 11.4 Å². The van der Waals surface area contributed by atoms with Crippen LogP contribution in [0, 0.1) is 6.92 Å². The third-order valence-electron chi connectivity index (χ3n) is 1.32. The van der Waals surface area contributed by atoms with Gasteiger partial charge in [-0.2, -0.15) is 0 Å². The van der Waals surface area contributed by atoms with Gasteiger partial charge in [-0.1, -0.05) is 0 Å². The van der Waals surface area contributed by atoms with Crippen molar-refractivity contribution < 1.29 is 0 Å². The first kappa shape index (κ1) is 7.54. The van der Waals surface area contributed by atoms with Crippen LogP contribution in [0.5, 0.6) is 0 Å². The van der Waals surface area contributed by atoms with Crippen LogP contribution in [-0.4, -0.2) is 12.0 Å². The lowest BCUT2D eigenvalue weighted by atomic mass is 10.3. The SMILES string of the molecule is CNc1cc(Br)cnc1C. The van der Waals surface area contributed by atoms with Crippen LogP contribution in [-0.2, 0) is 0 Å². The van der Waals surface area contributed by atoms with Crippen molar-refractivity contribution in [2.45, 2.75) is 6.92 Å². The van der Waals surface area contributed by atoms with Gasteiger partial charge in [0.2, 0.25) is 0 Å². The molecule has 0 radical (unpaired) electrons. The maximum absolute atomic E-state index is 4.14. The second-order valence-electron chi connectivity index (χ2n) is 2.04. The Kier molecular flexibility index (Phi) is 2.27. The standard InChI is InChI=1S/C7H9BrN2/c1-5-7(9-2)3-6(8)4-10-5/h3-4,9H,1-2H3. The van der Waals surface area contributed by atoms with E-state index in [1.54, 1.807) is 6.20 Å². The summed E-state index contributed by atoms with van der Waals surface area (Å²) < 4.78 is 1.00. The average Bonchev–Trinajstić information content (AvgIpc) is 1.94. The monoisotopic (exact) mass is 200 g/mol. The normalized spacial score (nSPS) is 9.50. The van der Waals surface area contributed by atoms with Gasteiger partial charge in [0, 0.05) is 17.7 Å². The minimum absolute atomic E-state index is 1.00. The molecular formula is C7H9BrN2. The Labute approximate surface area is 68.8 Å². The van der Waals surface area contributed by atoms with Crippen molar-refractivity contribution in [3.63, 3.8) is 0 Å². The highest BCUT2D eigenvalue weighted by atomic mass is 79.9. The van der Waals surface area contributed by atoms with E-state index in [0.29, 0.717) is 0 Å². The summed E-state index contributed by atoms with van der Waals surface area (Å²) in [6, 6.07) is 2.00. The number of aryl methyl sites for hydroxylation is 1. The van der Waals surface area contributed by atoms with E-state index in [4.69, 9.17) is 0 Å². The molecule has 0 aliphatic rings. The Morgan fingerprint density at radius 1 is 1.60 bits per heavy atom. The highest BCUT2D eigenvalue weighted by Gasteiger charge is 1.95. The molecule has 1 heterocycles. The van der Waals surface area contributed by atoms with Gasteiger partial charge in [-0.25, -0.2) is 0 Å². The van der Waals surface area contributed by atoms with Crippen molar-refractivity contribution in [3.8, 4) is 0 Å². The van der Waals surface area contributed by atoms with Gasteiger partial charge in [-0.05, 0) is 28.9 Å². The first-order valence-corrected chi connectivity index (χ1v) is 3.83. The minimum Gasteiger partial charge on any atom is -0.387 e. The number of anilines is 1. The number of hydrogen-bond acceptors (Lipinski definition) is 2. The van der Waals surface area contributed by atoms with E-state index in [0.717, 1.165) is 15.9 Å². The number of nitrogens with zero attached hydrogens (tertiary/aromatic N) is 1. The second kappa shape index (κ2) is 3.01. The van der Waals surface area contributed by atoms with Crippen LogP contribution >= 0.6 is 15.9 Å². The molecule has 0 bridgehead atoms. The van der Waals surface area contributed by atoms with Gasteiger partial charge in [0.1, 0.15) is 0 Å². The first-order chi connectivity index (χ1) is 4.74. The smallest absolute Gasteiger partial charge is 0.0604 e. The molecule has 0 saturated heterocycles. The minimum atomic E-state index is 1.00. The van der Waals surface area contributed by atoms with Crippen molar-refractivity contribution >= 4 is 21.6 Å². The predicted molar refractivity (Wildman–Crippen MR) is 46.2 cm³/mol. The lowest BCUT2D eigenvalue weighted by Crippen LogP contribution is -1.93. The van der Waals surface area contributed by atoms with Gasteiger partial charge in [0.15, 0.2) is 0 Å². The lowest BCUT2D eigenvalue weighted by Gasteiger charge is -2.02. The zero-order chi connectivity index (χ0) is 7.56. The lowest BCUT2D eigenvalue weighted by molar-refractivity contribution is 1.18. The molecule has 0 aliphatic carbocycles. The summed E-state index contributed by atoms with van der Waals surface area (Å²) in [5.41, 5.74) is 2.08. The summed E-state index contributed by atoms with van der Waals surface area (Å²) in [7, 11) is 1.89. The van der Waals surface area contributed by atoms with Gasteiger partial charge in [-0.3, -0.25) is 4.98 Å². The third kappa shape index (κ3) is 1.48. The summed E-state index contributed by atoms with van der Waals surface area (Å²) in [6.45, 7) is 1.97. The van der Waals surface area contributed by atoms with Crippen LogP contribution in [0.1, 0.15) is 5.69 Å². The molecule has 0 spiro atoms. The van der Waals surface area contributed by atoms with E-state index in [2.05, 4.69) is 26.2 Å². The molecular weight excluding hydrogens is 192 g/mol. The molecule has 0 saturated carbocycles. The Morgan fingerprint density at radius 2 is 2.30 bits per heavy atom. The van der Waals surface area contributed by atoms with E-state index in [-0.39, 0.29) is 0 Å². The molecule has 1 N–H and O–H groups in total. The average molecular weight is 201 g/mol. The Hall–Kier alpha value is -0.570. The summed E-state index contributed by atoms with van der Waals surface area (Å²) >= 11 is 3.33. The summed E-state index contributed by atoms with van der Waals surface area (Å²) in [6.07, 6.45) is 1.79. The van der Waals surface area contributed by atoms with Gasteiger partial charge >= 0.3 is 0 Å². The van der Waals surface area contributed by atoms with Crippen molar-refractivity contribution in [2.24, 2.45) is 0 Å².